The number of hydrogen-bond acceptors (Lipinski definition) is 6. The predicted octanol–water partition coefficient (Wildman–Crippen LogP) is 1.27. The molecule has 17 heavy (non-hydrogen) atoms. The van der Waals surface area contributed by atoms with E-state index in [9.17, 15) is 0 Å². The van der Waals surface area contributed by atoms with Gasteiger partial charge in [-0.05, 0) is 24.4 Å². The zero-order chi connectivity index (χ0) is 12.3. The van der Waals surface area contributed by atoms with Crippen LogP contribution in [-0.4, -0.2) is 28.1 Å². The monoisotopic (exact) mass is 252 g/mol. The van der Waals surface area contributed by atoms with E-state index in [2.05, 4.69) is 21.5 Å². The van der Waals surface area contributed by atoms with Crippen molar-refractivity contribution in [1.82, 2.24) is 15.0 Å². The van der Waals surface area contributed by atoms with Gasteiger partial charge in [-0.3, -0.25) is 0 Å². The number of rotatable bonds is 2. The molecule has 0 amide bonds. The van der Waals surface area contributed by atoms with Crippen LogP contribution < -0.4 is 11.2 Å². The lowest BCUT2D eigenvalue weighted by Gasteiger charge is -2.29. The fourth-order valence-corrected chi connectivity index (χ4v) is 1.86. The Balaban J connectivity index is 1.98. The van der Waals surface area contributed by atoms with Crippen molar-refractivity contribution in [2.24, 2.45) is 5.92 Å². The first-order valence-corrected chi connectivity index (χ1v) is 5.76. The summed E-state index contributed by atoms with van der Waals surface area (Å²) in [5.74, 6) is 0.666. The third-order valence-corrected chi connectivity index (χ3v) is 2.91. The van der Waals surface area contributed by atoms with Crippen molar-refractivity contribution in [3.05, 3.63) is 11.5 Å². The van der Waals surface area contributed by atoms with Crippen LogP contribution in [0.5, 0.6) is 0 Å². The van der Waals surface area contributed by atoms with Gasteiger partial charge in [-0.25, -0.2) is 9.99 Å². The first-order chi connectivity index (χ1) is 8.19. The highest BCUT2D eigenvalue weighted by atomic mass is 35.5. The molecule has 3 N–H and O–H groups in total. The van der Waals surface area contributed by atoms with Gasteiger partial charge < -0.3 is 11.2 Å². The Morgan fingerprint density at radius 3 is 2.88 bits per heavy atom. The fourth-order valence-electron chi connectivity index (χ4n) is 1.73. The number of hydrazine groups is 1. The summed E-state index contributed by atoms with van der Waals surface area (Å²) < 4.78 is 0. The molecule has 0 saturated carbocycles. The molecule has 1 aromatic heterocycles. The van der Waals surface area contributed by atoms with Crippen molar-refractivity contribution in [2.45, 2.75) is 12.8 Å². The smallest absolute Gasteiger partial charge is 0.224 e. The van der Waals surface area contributed by atoms with Crippen LogP contribution in [0.1, 0.15) is 12.8 Å². The number of nitrogen functional groups attached to an aromatic ring is 1. The van der Waals surface area contributed by atoms with Crippen LogP contribution in [0.3, 0.4) is 0 Å². The number of aromatic nitrogens is 2. The summed E-state index contributed by atoms with van der Waals surface area (Å²) >= 11 is 5.70. The third-order valence-electron chi connectivity index (χ3n) is 2.73. The van der Waals surface area contributed by atoms with Gasteiger partial charge in [-0.1, -0.05) is 0 Å². The second-order valence-electron chi connectivity index (χ2n) is 3.95. The average Bonchev–Trinajstić information content (AvgIpc) is 2.35. The molecule has 1 aliphatic rings. The molecule has 1 aliphatic heterocycles. The van der Waals surface area contributed by atoms with E-state index in [4.69, 9.17) is 22.6 Å². The molecule has 1 fully saturated rings. The van der Waals surface area contributed by atoms with Gasteiger partial charge in [-0.15, -0.1) is 0 Å². The van der Waals surface area contributed by atoms with Crippen molar-refractivity contribution in [1.29, 1.82) is 5.26 Å². The van der Waals surface area contributed by atoms with Crippen LogP contribution in [0.2, 0.25) is 5.28 Å². The maximum atomic E-state index is 8.80. The number of anilines is 2. The van der Waals surface area contributed by atoms with Gasteiger partial charge in [-0.2, -0.15) is 10.2 Å². The van der Waals surface area contributed by atoms with Gasteiger partial charge in [0.25, 0.3) is 0 Å². The fraction of sp³-hybridized carbons (Fsp3) is 0.500. The summed E-state index contributed by atoms with van der Waals surface area (Å²) in [5, 5.41) is 11.0. The van der Waals surface area contributed by atoms with E-state index in [0.717, 1.165) is 25.9 Å². The topological polar surface area (TPSA) is 90.9 Å². The second kappa shape index (κ2) is 5.17. The molecule has 1 saturated heterocycles. The van der Waals surface area contributed by atoms with E-state index >= 15 is 0 Å². The van der Waals surface area contributed by atoms with Gasteiger partial charge in [0.15, 0.2) is 5.82 Å². The van der Waals surface area contributed by atoms with E-state index in [1.807, 2.05) is 5.01 Å². The Bertz CT molecular complexity index is 435. The lowest BCUT2D eigenvalue weighted by Crippen LogP contribution is -2.38. The molecule has 0 atom stereocenters. The molecule has 0 radical (unpaired) electrons. The van der Waals surface area contributed by atoms with E-state index in [-0.39, 0.29) is 11.2 Å². The molecule has 0 unspecified atom stereocenters. The largest absolute Gasteiger partial charge is 0.394 e. The highest BCUT2D eigenvalue weighted by Gasteiger charge is 2.19. The maximum absolute atomic E-state index is 8.80. The first kappa shape index (κ1) is 11.9. The number of nitrogens with two attached hydrogens (primary N) is 1. The van der Waals surface area contributed by atoms with Crippen LogP contribution in [0, 0.1) is 17.2 Å². The maximum Gasteiger partial charge on any atom is 0.224 e. The summed E-state index contributed by atoms with van der Waals surface area (Å²) in [4.78, 5) is 7.80. The summed E-state index contributed by atoms with van der Waals surface area (Å²) in [7, 11) is 0. The molecule has 0 aliphatic carbocycles. The zero-order valence-corrected chi connectivity index (χ0v) is 9.98. The highest BCUT2D eigenvalue weighted by Crippen LogP contribution is 2.20. The molecule has 0 aromatic carbocycles. The minimum atomic E-state index is 0.152. The van der Waals surface area contributed by atoms with Crippen molar-refractivity contribution in [2.75, 3.05) is 24.2 Å². The van der Waals surface area contributed by atoms with E-state index in [1.165, 1.54) is 6.20 Å². The summed E-state index contributed by atoms with van der Waals surface area (Å²) in [5.41, 5.74) is 9.29. The van der Waals surface area contributed by atoms with Crippen molar-refractivity contribution in [3.8, 4) is 6.07 Å². The molecular formula is C10H13ClN6. The summed E-state index contributed by atoms with van der Waals surface area (Å²) in [6, 6.07) is 2.28. The molecule has 0 bridgehead atoms. The number of halogens is 1. The van der Waals surface area contributed by atoms with Crippen LogP contribution in [0.15, 0.2) is 6.20 Å². The van der Waals surface area contributed by atoms with Gasteiger partial charge >= 0.3 is 0 Å². The Labute approximate surface area is 104 Å². The summed E-state index contributed by atoms with van der Waals surface area (Å²) in [6.45, 7) is 1.58. The number of hydrogen-bond donors (Lipinski definition) is 2. The minimum absolute atomic E-state index is 0.152. The molecule has 2 rings (SSSR count). The number of nitrogens with zero attached hydrogens (tertiary/aromatic N) is 4. The second-order valence-corrected chi connectivity index (χ2v) is 4.28. The quantitative estimate of drug-likeness (QED) is 0.771. The van der Waals surface area contributed by atoms with Crippen LogP contribution in [-0.2, 0) is 0 Å². The van der Waals surface area contributed by atoms with Gasteiger partial charge in [0.1, 0.15) is 0 Å². The Morgan fingerprint density at radius 2 is 2.24 bits per heavy atom. The molecule has 7 heteroatoms. The predicted molar refractivity (Wildman–Crippen MR) is 65.0 cm³/mol. The van der Waals surface area contributed by atoms with E-state index < -0.39 is 0 Å². The standard InChI is InChI=1S/C10H13ClN6/c11-10-14-6-8(13)9(15-10)16-17-3-1-7(5-12)2-4-17/h6-7H,1-4,13H2,(H,14,15,16). The van der Waals surface area contributed by atoms with Crippen molar-refractivity contribution >= 4 is 23.1 Å². The Hall–Kier alpha value is -1.58. The molecule has 1 aromatic rings. The Kier molecular flexibility index (Phi) is 3.61. The first-order valence-electron chi connectivity index (χ1n) is 5.38. The number of nitriles is 1. The molecular weight excluding hydrogens is 240 g/mol. The average molecular weight is 253 g/mol. The minimum Gasteiger partial charge on any atom is -0.394 e. The zero-order valence-electron chi connectivity index (χ0n) is 9.23. The molecule has 2 heterocycles. The van der Waals surface area contributed by atoms with E-state index in [1.54, 1.807) is 0 Å². The normalized spacial score (nSPS) is 17.6. The highest BCUT2D eigenvalue weighted by molar-refractivity contribution is 6.28. The molecule has 6 nitrogen and oxygen atoms in total. The Morgan fingerprint density at radius 1 is 1.53 bits per heavy atom. The van der Waals surface area contributed by atoms with Crippen LogP contribution >= 0.6 is 11.6 Å². The van der Waals surface area contributed by atoms with Gasteiger partial charge in [0, 0.05) is 19.0 Å². The lowest BCUT2D eigenvalue weighted by atomic mass is 10.00. The number of piperidine rings is 1. The van der Waals surface area contributed by atoms with Crippen molar-refractivity contribution in [3.63, 3.8) is 0 Å². The van der Waals surface area contributed by atoms with Gasteiger partial charge in [0.05, 0.1) is 18.0 Å². The molecule has 90 valence electrons. The van der Waals surface area contributed by atoms with E-state index in [0.29, 0.717) is 11.5 Å². The third kappa shape index (κ3) is 2.96. The summed E-state index contributed by atoms with van der Waals surface area (Å²) in [6.07, 6.45) is 3.17. The molecule has 0 spiro atoms. The number of nitrogens with one attached hydrogen (secondary N) is 1. The lowest BCUT2D eigenvalue weighted by molar-refractivity contribution is 0.243. The SMILES string of the molecule is N#CC1CCN(Nc2nc(Cl)ncc2N)CC1. The van der Waals surface area contributed by atoms with Crippen LogP contribution in [0.4, 0.5) is 11.5 Å². The van der Waals surface area contributed by atoms with Crippen LogP contribution in [0.25, 0.3) is 0 Å². The van der Waals surface area contributed by atoms with Gasteiger partial charge in [0.2, 0.25) is 5.28 Å². The van der Waals surface area contributed by atoms with Crippen molar-refractivity contribution < 1.29 is 0 Å².